The topological polar surface area (TPSA) is 98.2 Å². The quantitative estimate of drug-likeness (QED) is 0.458. The Bertz CT molecular complexity index is 1290. The van der Waals surface area contributed by atoms with Crippen LogP contribution in [0, 0.1) is 13.8 Å². The SMILES string of the molecule is COc1cc(C2C(C(=O)c3sc(C)nc3C)=C(O)C(=O)N2Cc2ccccc2)cc(OC)c1OC. The van der Waals surface area contributed by atoms with Crippen molar-refractivity contribution in [2.24, 2.45) is 0 Å². The minimum Gasteiger partial charge on any atom is -0.503 e. The first-order valence-electron chi connectivity index (χ1n) is 10.9. The standard InChI is InChI=1S/C26H26N2O6S/c1-14-25(35-15(2)27-14)22(29)20-21(17-11-18(32-3)24(34-5)19(12-17)33-4)28(26(31)23(20)30)13-16-9-7-6-8-10-16/h6-12,21,30H,13H2,1-5H3. The number of aliphatic hydroxyl groups excluding tert-OH is 1. The van der Waals surface area contributed by atoms with Gasteiger partial charge in [0.2, 0.25) is 11.5 Å². The van der Waals surface area contributed by atoms with Crippen molar-refractivity contribution in [2.75, 3.05) is 21.3 Å². The van der Waals surface area contributed by atoms with Crippen LogP contribution in [0.4, 0.5) is 0 Å². The summed E-state index contributed by atoms with van der Waals surface area (Å²) in [7, 11) is 4.48. The molecular formula is C26H26N2O6S. The number of Topliss-reactive ketones (excluding diaryl/α,β-unsaturated/α-hetero) is 1. The van der Waals surface area contributed by atoms with E-state index in [-0.39, 0.29) is 12.1 Å². The van der Waals surface area contributed by atoms with Crippen LogP contribution < -0.4 is 14.2 Å². The van der Waals surface area contributed by atoms with E-state index in [2.05, 4.69) is 4.98 Å². The highest BCUT2D eigenvalue weighted by Crippen LogP contribution is 2.46. The number of hydrogen-bond donors (Lipinski definition) is 1. The molecule has 1 atom stereocenters. The number of amides is 1. The van der Waals surface area contributed by atoms with E-state index < -0.39 is 23.5 Å². The summed E-state index contributed by atoms with van der Waals surface area (Å²) < 4.78 is 16.5. The van der Waals surface area contributed by atoms with Crippen LogP contribution in [-0.2, 0) is 11.3 Å². The molecule has 1 unspecified atom stereocenters. The van der Waals surface area contributed by atoms with Crippen molar-refractivity contribution in [1.82, 2.24) is 9.88 Å². The molecule has 0 bridgehead atoms. The Morgan fingerprint density at radius 3 is 2.20 bits per heavy atom. The van der Waals surface area contributed by atoms with E-state index in [1.807, 2.05) is 30.3 Å². The summed E-state index contributed by atoms with van der Waals surface area (Å²) in [6.45, 7) is 3.73. The summed E-state index contributed by atoms with van der Waals surface area (Å²) in [6.07, 6.45) is 0. The number of carbonyl (C=O) groups excluding carboxylic acids is 2. The zero-order valence-corrected chi connectivity index (χ0v) is 20.9. The lowest BCUT2D eigenvalue weighted by Gasteiger charge is -2.28. The molecule has 2 heterocycles. The minimum absolute atomic E-state index is 0.00745. The van der Waals surface area contributed by atoms with Gasteiger partial charge in [-0.3, -0.25) is 9.59 Å². The molecule has 4 rings (SSSR count). The molecular weight excluding hydrogens is 468 g/mol. The molecule has 8 nitrogen and oxygen atoms in total. The maximum absolute atomic E-state index is 13.7. The molecule has 1 N–H and O–H groups in total. The van der Waals surface area contributed by atoms with Crippen LogP contribution in [0.2, 0.25) is 0 Å². The molecule has 1 aliphatic heterocycles. The summed E-state index contributed by atoms with van der Waals surface area (Å²) in [5, 5.41) is 11.7. The molecule has 0 saturated heterocycles. The largest absolute Gasteiger partial charge is 0.503 e. The van der Waals surface area contributed by atoms with Crippen molar-refractivity contribution < 1.29 is 28.9 Å². The van der Waals surface area contributed by atoms with Gasteiger partial charge in [-0.05, 0) is 37.1 Å². The van der Waals surface area contributed by atoms with Gasteiger partial charge in [-0.25, -0.2) is 4.98 Å². The predicted octanol–water partition coefficient (Wildman–Crippen LogP) is 4.56. The van der Waals surface area contributed by atoms with Crippen LogP contribution in [0.5, 0.6) is 17.2 Å². The number of aryl methyl sites for hydroxylation is 2. The molecule has 3 aromatic rings. The van der Waals surface area contributed by atoms with E-state index in [0.29, 0.717) is 33.4 Å². The van der Waals surface area contributed by atoms with Crippen LogP contribution in [0.15, 0.2) is 53.8 Å². The van der Waals surface area contributed by atoms with Gasteiger partial charge in [-0.2, -0.15) is 0 Å². The highest BCUT2D eigenvalue weighted by atomic mass is 32.1. The maximum Gasteiger partial charge on any atom is 0.290 e. The number of benzene rings is 2. The van der Waals surface area contributed by atoms with Gasteiger partial charge in [0.05, 0.1) is 48.5 Å². The zero-order valence-electron chi connectivity index (χ0n) is 20.1. The number of carbonyl (C=O) groups is 2. The third-order valence-corrected chi connectivity index (χ3v) is 6.93. The summed E-state index contributed by atoms with van der Waals surface area (Å²) in [5.41, 5.74) is 1.93. The predicted molar refractivity (Wildman–Crippen MR) is 131 cm³/mol. The Hall–Kier alpha value is -3.85. The second kappa shape index (κ2) is 9.79. The average Bonchev–Trinajstić information content (AvgIpc) is 3.33. The fourth-order valence-corrected chi connectivity index (χ4v) is 5.17. The number of thiazole rings is 1. The molecule has 1 aliphatic rings. The summed E-state index contributed by atoms with van der Waals surface area (Å²) in [6, 6.07) is 11.9. The number of rotatable bonds is 8. The lowest BCUT2D eigenvalue weighted by Crippen LogP contribution is -2.30. The number of methoxy groups -OCH3 is 3. The minimum atomic E-state index is -0.884. The fourth-order valence-electron chi connectivity index (χ4n) is 4.30. The molecule has 0 fully saturated rings. The average molecular weight is 495 g/mol. The van der Waals surface area contributed by atoms with Gasteiger partial charge in [0.25, 0.3) is 5.91 Å². The van der Waals surface area contributed by atoms with Crippen LogP contribution in [0.3, 0.4) is 0 Å². The van der Waals surface area contributed by atoms with Crippen molar-refractivity contribution in [3.63, 3.8) is 0 Å². The van der Waals surface area contributed by atoms with Gasteiger partial charge < -0.3 is 24.2 Å². The molecule has 1 amide bonds. The highest BCUT2D eigenvalue weighted by molar-refractivity contribution is 7.14. The molecule has 35 heavy (non-hydrogen) atoms. The van der Waals surface area contributed by atoms with Gasteiger partial charge in [0.1, 0.15) is 0 Å². The number of hydrogen-bond acceptors (Lipinski definition) is 8. The Kier molecular flexibility index (Phi) is 6.79. The van der Waals surface area contributed by atoms with E-state index in [1.54, 1.807) is 26.0 Å². The van der Waals surface area contributed by atoms with Gasteiger partial charge in [-0.1, -0.05) is 30.3 Å². The van der Waals surface area contributed by atoms with Crippen molar-refractivity contribution in [3.8, 4) is 17.2 Å². The lowest BCUT2D eigenvalue weighted by molar-refractivity contribution is -0.130. The number of ketones is 1. The highest BCUT2D eigenvalue weighted by Gasteiger charge is 2.45. The normalized spacial score (nSPS) is 15.5. The van der Waals surface area contributed by atoms with Crippen LogP contribution in [0.25, 0.3) is 0 Å². The zero-order chi connectivity index (χ0) is 25.3. The first-order chi connectivity index (χ1) is 16.8. The molecule has 0 spiro atoms. The maximum atomic E-state index is 13.7. The van der Waals surface area contributed by atoms with E-state index in [1.165, 1.54) is 37.6 Å². The van der Waals surface area contributed by atoms with Crippen molar-refractivity contribution in [1.29, 1.82) is 0 Å². The second-order valence-electron chi connectivity index (χ2n) is 8.02. The molecule has 0 radical (unpaired) electrons. The van der Waals surface area contributed by atoms with Gasteiger partial charge >= 0.3 is 0 Å². The summed E-state index contributed by atoms with van der Waals surface area (Å²) >= 11 is 1.23. The lowest BCUT2D eigenvalue weighted by atomic mass is 9.94. The Morgan fingerprint density at radius 1 is 1.06 bits per heavy atom. The third kappa shape index (κ3) is 4.35. The van der Waals surface area contributed by atoms with E-state index in [9.17, 15) is 14.7 Å². The molecule has 1 aromatic heterocycles. The fraction of sp³-hybridized carbons (Fsp3) is 0.269. The van der Waals surface area contributed by atoms with Gasteiger partial charge in [0, 0.05) is 6.54 Å². The molecule has 0 aliphatic carbocycles. The second-order valence-corrected chi connectivity index (χ2v) is 9.22. The van der Waals surface area contributed by atoms with Crippen LogP contribution in [-0.4, -0.2) is 48.0 Å². The van der Waals surface area contributed by atoms with Crippen LogP contribution in [0.1, 0.15) is 37.5 Å². The smallest absolute Gasteiger partial charge is 0.290 e. The Balaban J connectivity index is 1.90. The third-order valence-electron chi connectivity index (χ3n) is 5.86. The Labute approximate surface area is 207 Å². The number of aromatic nitrogens is 1. The molecule has 2 aromatic carbocycles. The number of ether oxygens (including phenoxy) is 3. The monoisotopic (exact) mass is 494 g/mol. The first kappa shape index (κ1) is 24.3. The molecule has 0 saturated carbocycles. The van der Waals surface area contributed by atoms with Gasteiger partial charge in [0.15, 0.2) is 17.3 Å². The molecule has 9 heteroatoms. The number of aliphatic hydroxyl groups is 1. The van der Waals surface area contributed by atoms with E-state index in [0.717, 1.165) is 10.6 Å². The van der Waals surface area contributed by atoms with Crippen molar-refractivity contribution in [3.05, 3.63) is 80.5 Å². The van der Waals surface area contributed by atoms with Crippen LogP contribution >= 0.6 is 11.3 Å². The molecule has 182 valence electrons. The first-order valence-corrected chi connectivity index (χ1v) is 11.7. The van der Waals surface area contributed by atoms with Crippen molar-refractivity contribution >= 4 is 23.0 Å². The summed E-state index contributed by atoms with van der Waals surface area (Å²) in [4.78, 5) is 33.3. The van der Waals surface area contributed by atoms with Crippen molar-refractivity contribution in [2.45, 2.75) is 26.4 Å². The van der Waals surface area contributed by atoms with Gasteiger partial charge in [-0.15, -0.1) is 11.3 Å². The number of nitrogens with zero attached hydrogens (tertiary/aromatic N) is 2. The Morgan fingerprint density at radius 2 is 1.69 bits per heavy atom. The van der Waals surface area contributed by atoms with E-state index >= 15 is 0 Å². The summed E-state index contributed by atoms with van der Waals surface area (Å²) in [5.74, 6) is -0.514. The van der Waals surface area contributed by atoms with E-state index in [4.69, 9.17) is 14.2 Å².